The van der Waals surface area contributed by atoms with E-state index in [0.29, 0.717) is 12.0 Å². The number of alkyl halides is 2. The Morgan fingerprint density at radius 2 is 2.22 bits per heavy atom. The molecule has 4 nitrogen and oxygen atoms in total. The molecule has 1 fully saturated rings. The molecule has 2 unspecified atom stereocenters. The average molecular weight is 378 g/mol. The Hall–Kier alpha value is -2.31. The molecule has 27 heavy (non-hydrogen) atoms. The fraction of sp³-hybridized carbons (Fsp3) is 0.500. The molecule has 7 heteroatoms. The molecule has 0 N–H and O–H groups in total. The second-order valence-electron chi connectivity index (χ2n) is 7.45. The maximum absolute atomic E-state index is 14.0. The summed E-state index contributed by atoms with van der Waals surface area (Å²) in [5.41, 5.74) is -0.0738. The van der Waals surface area contributed by atoms with Crippen molar-refractivity contribution >= 4 is 5.97 Å². The van der Waals surface area contributed by atoms with Crippen molar-refractivity contribution in [3.05, 3.63) is 52.6 Å². The summed E-state index contributed by atoms with van der Waals surface area (Å²) in [6.07, 6.45) is 1.51. The first kappa shape index (κ1) is 18.1. The van der Waals surface area contributed by atoms with Crippen molar-refractivity contribution in [1.82, 2.24) is 9.78 Å². The smallest absolute Gasteiger partial charge is 0.342 e. The number of esters is 1. The van der Waals surface area contributed by atoms with E-state index in [1.165, 1.54) is 30.1 Å². The quantitative estimate of drug-likeness (QED) is 0.698. The fourth-order valence-electron chi connectivity index (χ4n) is 4.98. The molecule has 2 aromatic rings. The van der Waals surface area contributed by atoms with Crippen LogP contribution in [0, 0.1) is 11.7 Å². The summed E-state index contributed by atoms with van der Waals surface area (Å²) in [4.78, 5) is 12.9. The van der Waals surface area contributed by atoms with Crippen molar-refractivity contribution in [3.8, 4) is 0 Å². The minimum atomic E-state index is -2.87. The minimum absolute atomic E-state index is 0.0370. The molecule has 1 saturated carbocycles. The topological polar surface area (TPSA) is 44.1 Å². The van der Waals surface area contributed by atoms with Gasteiger partial charge in [-0.2, -0.15) is 5.10 Å². The minimum Gasteiger partial charge on any atom is -0.450 e. The summed E-state index contributed by atoms with van der Waals surface area (Å²) in [6, 6.07) is 4.62. The van der Waals surface area contributed by atoms with Crippen LogP contribution in [0.2, 0.25) is 0 Å². The molecule has 0 aliphatic heterocycles. The molecule has 4 rings (SSSR count). The number of aryl methyl sites for hydroxylation is 1. The molecule has 1 aromatic carbocycles. The van der Waals surface area contributed by atoms with Gasteiger partial charge in [-0.1, -0.05) is 19.4 Å². The van der Waals surface area contributed by atoms with Crippen molar-refractivity contribution in [2.75, 3.05) is 0 Å². The van der Waals surface area contributed by atoms with Crippen molar-refractivity contribution in [1.29, 1.82) is 0 Å². The van der Waals surface area contributed by atoms with Crippen molar-refractivity contribution < 1.29 is 22.7 Å². The first-order valence-electron chi connectivity index (χ1n) is 9.22. The molecule has 144 valence electrons. The Morgan fingerprint density at radius 3 is 2.93 bits per heavy atom. The predicted molar refractivity (Wildman–Crippen MR) is 92.0 cm³/mol. The SMILES string of the molecule is CCCC1C2CC[C@]1(OC(=O)c1cn(C)nc1C(F)F)c1cc(F)ccc12. The Balaban J connectivity index is 1.75. The summed E-state index contributed by atoms with van der Waals surface area (Å²) in [5.74, 6) is -0.967. The van der Waals surface area contributed by atoms with Gasteiger partial charge in [-0.05, 0) is 42.9 Å². The van der Waals surface area contributed by atoms with Gasteiger partial charge in [0.15, 0.2) is 0 Å². The van der Waals surface area contributed by atoms with Gasteiger partial charge in [0.2, 0.25) is 0 Å². The average Bonchev–Trinajstić information content (AvgIpc) is 3.24. The molecule has 2 aliphatic rings. The van der Waals surface area contributed by atoms with Gasteiger partial charge in [0.1, 0.15) is 22.7 Å². The van der Waals surface area contributed by atoms with Crippen LogP contribution in [0.4, 0.5) is 13.2 Å². The van der Waals surface area contributed by atoms with E-state index in [4.69, 9.17) is 4.74 Å². The lowest BCUT2D eigenvalue weighted by molar-refractivity contribution is -0.0416. The van der Waals surface area contributed by atoms with E-state index in [1.54, 1.807) is 6.07 Å². The number of benzene rings is 1. The number of fused-ring (bicyclic) bond motifs is 5. The molecule has 2 aliphatic carbocycles. The molecule has 0 saturated heterocycles. The van der Waals surface area contributed by atoms with Crippen molar-refractivity contribution in [2.45, 2.75) is 50.6 Å². The summed E-state index contributed by atoms with van der Waals surface area (Å²) in [6.45, 7) is 2.05. The van der Waals surface area contributed by atoms with E-state index < -0.39 is 23.7 Å². The first-order chi connectivity index (χ1) is 12.9. The third-order valence-electron chi connectivity index (χ3n) is 5.94. The van der Waals surface area contributed by atoms with Gasteiger partial charge in [0.05, 0.1) is 0 Å². The maximum atomic E-state index is 14.0. The van der Waals surface area contributed by atoms with Crippen molar-refractivity contribution in [2.24, 2.45) is 13.0 Å². The van der Waals surface area contributed by atoms with Gasteiger partial charge in [-0.15, -0.1) is 0 Å². The zero-order valence-electron chi connectivity index (χ0n) is 15.2. The second kappa shape index (κ2) is 6.39. The number of ether oxygens (including phenoxy) is 1. The van der Waals surface area contributed by atoms with Crippen LogP contribution in [0.5, 0.6) is 0 Å². The summed E-state index contributed by atoms with van der Waals surface area (Å²) < 4.78 is 47.6. The molecule has 1 aromatic heterocycles. The standard InChI is InChI=1S/C20H21F3N2O2/c1-3-4-15-13-7-8-20(15,16-9-11(21)5-6-12(13)16)27-19(26)14-10-25(2)24-17(14)18(22)23/h5-6,9-10,13,15,18H,3-4,7-8H2,1-2H3/t13?,15?,20-/m1/s1. The Morgan fingerprint density at radius 1 is 1.44 bits per heavy atom. The molecule has 0 amide bonds. The van der Waals surface area contributed by atoms with E-state index >= 15 is 0 Å². The van der Waals surface area contributed by atoms with E-state index in [1.807, 2.05) is 0 Å². The van der Waals surface area contributed by atoms with Crippen molar-refractivity contribution in [3.63, 3.8) is 0 Å². The highest BCUT2D eigenvalue weighted by Crippen LogP contribution is 2.63. The lowest BCUT2D eigenvalue weighted by Crippen LogP contribution is -2.34. The largest absolute Gasteiger partial charge is 0.450 e. The number of carbonyl (C=O) groups excluding carboxylic acids is 1. The van der Waals surface area contributed by atoms with Crippen LogP contribution >= 0.6 is 0 Å². The Bertz CT molecular complexity index is 895. The number of hydrogen-bond donors (Lipinski definition) is 0. The number of rotatable bonds is 5. The number of nitrogens with zero attached hydrogens (tertiary/aromatic N) is 2. The van der Waals surface area contributed by atoms with Crippen LogP contribution in [0.25, 0.3) is 0 Å². The van der Waals surface area contributed by atoms with E-state index in [2.05, 4.69) is 12.0 Å². The van der Waals surface area contributed by atoms with Gasteiger partial charge in [0.25, 0.3) is 6.43 Å². The van der Waals surface area contributed by atoms with E-state index in [0.717, 1.165) is 24.8 Å². The van der Waals surface area contributed by atoms with Gasteiger partial charge in [0, 0.05) is 24.7 Å². The zero-order chi connectivity index (χ0) is 19.3. The molecule has 3 atom stereocenters. The molecular formula is C20H21F3N2O2. The maximum Gasteiger partial charge on any atom is 0.342 e. The van der Waals surface area contributed by atoms with Gasteiger partial charge in [-0.25, -0.2) is 18.0 Å². The highest BCUT2D eigenvalue weighted by molar-refractivity contribution is 5.91. The molecule has 2 bridgehead atoms. The number of hydrogen-bond acceptors (Lipinski definition) is 3. The van der Waals surface area contributed by atoms with E-state index in [-0.39, 0.29) is 23.2 Å². The second-order valence-corrected chi connectivity index (χ2v) is 7.45. The number of halogens is 3. The molecule has 0 spiro atoms. The lowest BCUT2D eigenvalue weighted by Gasteiger charge is -2.33. The predicted octanol–water partition coefficient (Wildman–Crippen LogP) is 4.86. The Labute approximate surface area is 155 Å². The first-order valence-corrected chi connectivity index (χ1v) is 9.22. The van der Waals surface area contributed by atoms with E-state index in [9.17, 15) is 18.0 Å². The third-order valence-corrected chi connectivity index (χ3v) is 5.94. The summed E-state index contributed by atoms with van der Waals surface area (Å²) in [5, 5.41) is 3.68. The molecule has 1 heterocycles. The van der Waals surface area contributed by atoms with Gasteiger partial charge >= 0.3 is 5.97 Å². The summed E-state index contributed by atoms with van der Waals surface area (Å²) in [7, 11) is 1.48. The number of carbonyl (C=O) groups is 1. The van der Waals surface area contributed by atoms with Gasteiger partial charge in [-0.3, -0.25) is 4.68 Å². The normalized spacial score (nSPS) is 25.9. The van der Waals surface area contributed by atoms with Crippen LogP contribution in [-0.4, -0.2) is 15.7 Å². The fourth-order valence-corrected chi connectivity index (χ4v) is 4.98. The van der Waals surface area contributed by atoms with Crippen LogP contribution < -0.4 is 0 Å². The number of aromatic nitrogens is 2. The highest BCUT2D eigenvalue weighted by atomic mass is 19.3. The van der Waals surface area contributed by atoms with Crippen LogP contribution in [0.15, 0.2) is 24.4 Å². The highest BCUT2D eigenvalue weighted by Gasteiger charge is 2.59. The van der Waals surface area contributed by atoms with Crippen LogP contribution in [0.3, 0.4) is 0 Å². The monoisotopic (exact) mass is 378 g/mol. The Kier molecular flexibility index (Phi) is 4.28. The van der Waals surface area contributed by atoms with Crippen LogP contribution in [-0.2, 0) is 17.4 Å². The molecule has 0 radical (unpaired) electrons. The zero-order valence-corrected chi connectivity index (χ0v) is 15.2. The summed E-state index contributed by atoms with van der Waals surface area (Å²) >= 11 is 0. The van der Waals surface area contributed by atoms with Gasteiger partial charge < -0.3 is 4.74 Å². The third kappa shape index (κ3) is 2.66. The molecular weight excluding hydrogens is 357 g/mol. The van der Waals surface area contributed by atoms with Crippen LogP contribution in [0.1, 0.15) is 72.1 Å². The lowest BCUT2D eigenvalue weighted by atomic mass is 9.85.